The Morgan fingerprint density at radius 1 is 1.09 bits per heavy atom. The van der Waals surface area contributed by atoms with Crippen LogP contribution in [-0.2, 0) is 16.0 Å². The maximum absolute atomic E-state index is 12.1. The molecule has 2 rings (SSSR count). The number of amides is 2. The second-order valence-corrected chi connectivity index (χ2v) is 5.44. The standard InChI is InChI=1S/C15H21N5O3/c16-15(17)18-7-1-2-11-13(22)20-12(14(23)19-11)8-9-3-5-10(21)6-4-9/h3-6,11-12,21H,1-2,7-8H2,(H,19,23)(H,20,22)(H4,16,17,18)/t11-,12-/m1/s1. The number of hydrogen-bond acceptors (Lipinski definition) is 4. The van der Waals surface area contributed by atoms with Gasteiger partial charge in [0.1, 0.15) is 17.8 Å². The highest BCUT2D eigenvalue weighted by Crippen LogP contribution is 2.13. The van der Waals surface area contributed by atoms with Gasteiger partial charge in [-0.15, -0.1) is 0 Å². The molecule has 1 heterocycles. The van der Waals surface area contributed by atoms with Crippen molar-refractivity contribution in [2.45, 2.75) is 31.3 Å². The highest BCUT2D eigenvalue weighted by atomic mass is 16.3. The van der Waals surface area contributed by atoms with Crippen LogP contribution in [0, 0.1) is 0 Å². The fourth-order valence-electron chi connectivity index (χ4n) is 2.39. The number of rotatable bonds is 6. The summed E-state index contributed by atoms with van der Waals surface area (Å²) in [6.07, 6.45) is 1.44. The van der Waals surface area contributed by atoms with E-state index >= 15 is 0 Å². The SMILES string of the molecule is NC(N)=NCCC[C@H]1NC(=O)[C@@H](Cc2ccc(O)cc2)NC1=O. The number of carbonyl (C=O) groups excluding carboxylic acids is 2. The molecule has 1 fully saturated rings. The molecule has 0 aromatic heterocycles. The van der Waals surface area contributed by atoms with Gasteiger partial charge < -0.3 is 27.2 Å². The molecule has 1 aromatic rings. The van der Waals surface area contributed by atoms with Crippen LogP contribution in [0.15, 0.2) is 29.3 Å². The number of piperazine rings is 1. The molecule has 0 spiro atoms. The molecule has 8 nitrogen and oxygen atoms in total. The minimum absolute atomic E-state index is 0.0103. The van der Waals surface area contributed by atoms with Crippen LogP contribution in [0.2, 0.25) is 0 Å². The minimum atomic E-state index is -0.610. The summed E-state index contributed by atoms with van der Waals surface area (Å²) in [6.45, 7) is 0.416. The number of nitrogens with one attached hydrogen (secondary N) is 2. The molecule has 124 valence electrons. The Kier molecular flexibility index (Phi) is 5.40. The summed E-state index contributed by atoms with van der Waals surface area (Å²) in [4.78, 5) is 28.0. The molecule has 1 aliphatic rings. The Bertz CT molecular complexity index is 596. The van der Waals surface area contributed by atoms with Crippen molar-refractivity contribution in [3.05, 3.63) is 29.8 Å². The number of aliphatic imine (C=N–C) groups is 1. The summed E-state index contributed by atoms with van der Waals surface area (Å²) >= 11 is 0. The first-order chi connectivity index (χ1) is 11.0. The molecule has 0 bridgehead atoms. The predicted molar refractivity (Wildman–Crippen MR) is 85.6 cm³/mol. The molecular weight excluding hydrogens is 298 g/mol. The number of phenolic OH excluding ortho intramolecular Hbond substituents is 1. The number of benzene rings is 1. The molecule has 0 radical (unpaired) electrons. The van der Waals surface area contributed by atoms with Crippen molar-refractivity contribution < 1.29 is 14.7 Å². The van der Waals surface area contributed by atoms with Crippen LogP contribution in [0.4, 0.5) is 0 Å². The number of carbonyl (C=O) groups is 2. The van der Waals surface area contributed by atoms with Gasteiger partial charge in [0.15, 0.2) is 5.96 Å². The van der Waals surface area contributed by atoms with Gasteiger partial charge in [-0.1, -0.05) is 12.1 Å². The Hall–Kier alpha value is -2.77. The van der Waals surface area contributed by atoms with E-state index in [4.69, 9.17) is 11.5 Å². The van der Waals surface area contributed by atoms with Gasteiger partial charge in [-0.2, -0.15) is 0 Å². The first-order valence-corrected chi connectivity index (χ1v) is 7.40. The number of nitrogens with two attached hydrogens (primary N) is 2. The topological polar surface area (TPSA) is 143 Å². The Morgan fingerprint density at radius 3 is 2.35 bits per heavy atom. The van der Waals surface area contributed by atoms with Gasteiger partial charge in [-0.05, 0) is 30.5 Å². The predicted octanol–water partition coefficient (Wildman–Crippen LogP) is -1.03. The number of nitrogens with zero attached hydrogens (tertiary/aromatic N) is 1. The van der Waals surface area contributed by atoms with Crippen molar-refractivity contribution in [2.75, 3.05) is 6.54 Å². The molecule has 0 saturated carbocycles. The van der Waals surface area contributed by atoms with Gasteiger partial charge >= 0.3 is 0 Å². The summed E-state index contributed by atoms with van der Waals surface area (Å²) in [5.74, 6) is -0.259. The van der Waals surface area contributed by atoms with Crippen LogP contribution >= 0.6 is 0 Å². The maximum atomic E-state index is 12.1. The van der Waals surface area contributed by atoms with Crippen molar-refractivity contribution in [3.63, 3.8) is 0 Å². The number of hydrogen-bond donors (Lipinski definition) is 5. The molecule has 1 aromatic carbocycles. The van der Waals surface area contributed by atoms with Gasteiger partial charge in [-0.25, -0.2) is 0 Å². The van der Waals surface area contributed by atoms with Gasteiger partial charge in [-0.3, -0.25) is 14.6 Å². The number of aromatic hydroxyl groups is 1. The molecule has 7 N–H and O–H groups in total. The van der Waals surface area contributed by atoms with Crippen LogP contribution < -0.4 is 22.1 Å². The summed E-state index contributed by atoms with van der Waals surface area (Å²) in [5, 5.41) is 14.7. The van der Waals surface area contributed by atoms with Crippen LogP contribution in [-0.4, -0.2) is 41.5 Å². The molecule has 1 aliphatic heterocycles. The van der Waals surface area contributed by atoms with Crippen LogP contribution in [0.25, 0.3) is 0 Å². The zero-order chi connectivity index (χ0) is 16.8. The first-order valence-electron chi connectivity index (χ1n) is 7.40. The molecule has 8 heteroatoms. The van der Waals surface area contributed by atoms with Crippen molar-refractivity contribution in [1.82, 2.24) is 10.6 Å². The Balaban J connectivity index is 1.86. The van der Waals surface area contributed by atoms with E-state index in [1.807, 2.05) is 0 Å². The van der Waals surface area contributed by atoms with E-state index in [9.17, 15) is 14.7 Å². The lowest BCUT2D eigenvalue weighted by Gasteiger charge is -2.29. The van der Waals surface area contributed by atoms with Crippen molar-refractivity contribution in [3.8, 4) is 5.75 Å². The second-order valence-electron chi connectivity index (χ2n) is 5.44. The lowest BCUT2D eigenvalue weighted by atomic mass is 10.00. The normalized spacial score (nSPS) is 20.5. The summed E-state index contributed by atoms with van der Waals surface area (Å²) in [7, 11) is 0. The zero-order valence-electron chi connectivity index (χ0n) is 12.7. The van der Waals surface area contributed by atoms with Gasteiger partial charge in [0.05, 0.1) is 0 Å². The molecular formula is C15H21N5O3. The maximum Gasteiger partial charge on any atom is 0.243 e. The third-order valence-electron chi connectivity index (χ3n) is 3.59. The largest absolute Gasteiger partial charge is 0.508 e. The highest BCUT2D eigenvalue weighted by Gasteiger charge is 2.33. The second kappa shape index (κ2) is 7.48. The summed E-state index contributed by atoms with van der Waals surface area (Å²) in [5.41, 5.74) is 11.3. The van der Waals surface area contributed by atoms with E-state index in [1.165, 1.54) is 0 Å². The zero-order valence-corrected chi connectivity index (χ0v) is 12.7. The lowest BCUT2D eigenvalue weighted by molar-refractivity contribution is -0.136. The van der Waals surface area contributed by atoms with Gasteiger partial charge in [0.2, 0.25) is 11.8 Å². The fourth-order valence-corrected chi connectivity index (χ4v) is 2.39. The van der Waals surface area contributed by atoms with Crippen molar-refractivity contribution in [1.29, 1.82) is 0 Å². The molecule has 1 saturated heterocycles. The van der Waals surface area contributed by atoms with E-state index < -0.39 is 12.1 Å². The van der Waals surface area contributed by atoms with E-state index in [1.54, 1.807) is 24.3 Å². The summed E-state index contributed by atoms with van der Waals surface area (Å²) < 4.78 is 0. The average molecular weight is 319 g/mol. The average Bonchev–Trinajstić information content (AvgIpc) is 2.50. The van der Waals surface area contributed by atoms with E-state index in [0.29, 0.717) is 25.8 Å². The Labute approximate surface area is 134 Å². The van der Waals surface area contributed by atoms with Crippen LogP contribution in [0.1, 0.15) is 18.4 Å². The molecule has 2 amide bonds. The fraction of sp³-hybridized carbons (Fsp3) is 0.400. The third-order valence-corrected chi connectivity index (χ3v) is 3.59. The highest BCUT2D eigenvalue weighted by molar-refractivity contribution is 5.97. The monoisotopic (exact) mass is 319 g/mol. The number of phenols is 1. The van der Waals surface area contributed by atoms with Crippen LogP contribution in [0.3, 0.4) is 0 Å². The molecule has 0 aliphatic carbocycles. The van der Waals surface area contributed by atoms with E-state index in [0.717, 1.165) is 5.56 Å². The molecule has 23 heavy (non-hydrogen) atoms. The molecule has 0 unspecified atom stereocenters. The molecule has 2 atom stereocenters. The minimum Gasteiger partial charge on any atom is -0.508 e. The smallest absolute Gasteiger partial charge is 0.243 e. The van der Waals surface area contributed by atoms with E-state index in [-0.39, 0.29) is 23.5 Å². The third kappa shape index (κ3) is 4.87. The van der Waals surface area contributed by atoms with Crippen molar-refractivity contribution in [2.24, 2.45) is 16.5 Å². The van der Waals surface area contributed by atoms with Gasteiger partial charge in [0, 0.05) is 13.0 Å². The van der Waals surface area contributed by atoms with E-state index in [2.05, 4.69) is 15.6 Å². The number of guanidine groups is 1. The Morgan fingerprint density at radius 2 is 1.70 bits per heavy atom. The lowest BCUT2D eigenvalue weighted by Crippen LogP contribution is -2.62. The van der Waals surface area contributed by atoms with Gasteiger partial charge in [0.25, 0.3) is 0 Å². The first kappa shape index (κ1) is 16.6. The van der Waals surface area contributed by atoms with Crippen LogP contribution in [0.5, 0.6) is 5.75 Å². The van der Waals surface area contributed by atoms with Crippen molar-refractivity contribution >= 4 is 17.8 Å². The summed E-state index contributed by atoms with van der Waals surface area (Å²) in [6, 6.07) is 5.36. The quantitative estimate of drug-likeness (QED) is 0.259.